The molecule has 3 rings (SSSR count). The summed E-state index contributed by atoms with van der Waals surface area (Å²) < 4.78 is 41.2. The van der Waals surface area contributed by atoms with Gasteiger partial charge in [0, 0.05) is 44.1 Å². The normalized spacial score (nSPS) is 16.3. The molecule has 0 radical (unpaired) electrons. The van der Waals surface area contributed by atoms with Gasteiger partial charge in [-0.05, 0) is 31.2 Å². The summed E-state index contributed by atoms with van der Waals surface area (Å²) in [5.74, 6) is -0.199. The van der Waals surface area contributed by atoms with Gasteiger partial charge >= 0.3 is 0 Å². The fourth-order valence-corrected chi connectivity index (χ4v) is 5.24. The van der Waals surface area contributed by atoms with Crippen LogP contribution in [-0.2, 0) is 10.0 Å². The zero-order valence-electron chi connectivity index (χ0n) is 14.1. The molecule has 1 aliphatic heterocycles. The van der Waals surface area contributed by atoms with Crippen molar-refractivity contribution in [3.8, 4) is 0 Å². The molecule has 0 amide bonds. The molecule has 1 aromatic carbocycles. The highest BCUT2D eigenvalue weighted by molar-refractivity contribution is 7.91. The lowest BCUT2D eigenvalue weighted by Gasteiger charge is -2.36. The molecular weight excluding hydrogens is 361 g/mol. The van der Waals surface area contributed by atoms with Gasteiger partial charge in [-0.2, -0.15) is 0 Å². The number of halogens is 1. The average Bonchev–Trinajstić information content (AvgIpc) is 3.03. The summed E-state index contributed by atoms with van der Waals surface area (Å²) in [6.45, 7) is 5.95. The topological polar surface area (TPSA) is 52.7 Å². The Morgan fingerprint density at radius 1 is 1.12 bits per heavy atom. The first-order chi connectivity index (χ1) is 12.0. The third-order valence-electron chi connectivity index (χ3n) is 4.27. The van der Waals surface area contributed by atoms with Crippen LogP contribution in [0.2, 0.25) is 0 Å². The van der Waals surface area contributed by atoms with Crippen LogP contribution in [0.5, 0.6) is 0 Å². The van der Waals surface area contributed by atoms with Crippen LogP contribution in [0.3, 0.4) is 0 Å². The number of nitrogens with one attached hydrogen (secondary N) is 1. The van der Waals surface area contributed by atoms with Crippen LogP contribution in [0, 0.1) is 12.7 Å². The molecule has 25 heavy (non-hydrogen) atoms. The van der Waals surface area contributed by atoms with E-state index in [0.29, 0.717) is 23.0 Å². The average molecular weight is 384 g/mol. The van der Waals surface area contributed by atoms with Gasteiger partial charge < -0.3 is 4.90 Å². The molecule has 0 bridgehead atoms. The lowest BCUT2D eigenvalue weighted by molar-refractivity contribution is 0.261. The first kappa shape index (κ1) is 18.3. The van der Waals surface area contributed by atoms with Gasteiger partial charge in [0.15, 0.2) is 0 Å². The van der Waals surface area contributed by atoms with Crippen LogP contribution in [0.1, 0.15) is 4.88 Å². The van der Waals surface area contributed by atoms with Crippen LogP contribution in [0.4, 0.5) is 10.1 Å². The molecule has 136 valence electrons. The van der Waals surface area contributed by atoms with E-state index in [1.807, 2.05) is 17.9 Å². The predicted molar refractivity (Wildman–Crippen MR) is 99.3 cm³/mol. The highest BCUT2D eigenvalue weighted by Crippen LogP contribution is 2.21. The molecule has 0 aliphatic carbocycles. The van der Waals surface area contributed by atoms with Gasteiger partial charge in [-0.1, -0.05) is 12.1 Å². The Balaban J connectivity index is 1.46. The van der Waals surface area contributed by atoms with Crippen molar-refractivity contribution in [3.05, 3.63) is 47.1 Å². The molecule has 0 spiro atoms. The maximum atomic E-state index is 13.8. The summed E-state index contributed by atoms with van der Waals surface area (Å²) in [6.07, 6.45) is 0. The number of anilines is 1. The van der Waals surface area contributed by atoms with Gasteiger partial charge in [0.25, 0.3) is 0 Å². The molecule has 0 atom stereocenters. The number of hydrogen-bond donors (Lipinski definition) is 1. The molecule has 1 fully saturated rings. The van der Waals surface area contributed by atoms with E-state index >= 15 is 0 Å². The number of piperazine rings is 1. The Bertz CT molecular complexity index is 815. The number of thiophene rings is 1. The van der Waals surface area contributed by atoms with E-state index in [2.05, 4.69) is 9.62 Å². The predicted octanol–water partition coefficient (Wildman–Crippen LogP) is 2.30. The molecule has 0 unspecified atom stereocenters. The highest BCUT2D eigenvalue weighted by atomic mass is 32.2. The fraction of sp³-hybridized carbons (Fsp3) is 0.412. The summed E-state index contributed by atoms with van der Waals surface area (Å²) in [6, 6.07) is 10.2. The molecule has 1 aromatic heterocycles. The van der Waals surface area contributed by atoms with Gasteiger partial charge in [-0.25, -0.2) is 17.5 Å². The molecule has 1 N–H and O–H groups in total. The monoisotopic (exact) mass is 383 g/mol. The summed E-state index contributed by atoms with van der Waals surface area (Å²) in [5.41, 5.74) is 0.635. The van der Waals surface area contributed by atoms with Gasteiger partial charge in [0.1, 0.15) is 10.0 Å². The number of hydrogen-bond acceptors (Lipinski definition) is 5. The van der Waals surface area contributed by atoms with Crippen LogP contribution in [0.15, 0.2) is 40.6 Å². The zero-order chi connectivity index (χ0) is 17.9. The van der Waals surface area contributed by atoms with Gasteiger partial charge in [-0.3, -0.25) is 4.90 Å². The number of para-hydroxylation sites is 1. The minimum atomic E-state index is -3.42. The number of aryl methyl sites for hydroxylation is 1. The number of nitrogens with zero attached hydrogens (tertiary/aromatic N) is 2. The van der Waals surface area contributed by atoms with Crippen LogP contribution >= 0.6 is 11.3 Å². The minimum Gasteiger partial charge on any atom is -0.367 e. The molecule has 2 aromatic rings. The van der Waals surface area contributed by atoms with E-state index in [-0.39, 0.29) is 5.82 Å². The number of benzene rings is 1. The van der Waals surface area contributed by atoms with E-state index in [9.17, 15) is 12.8 Å². The van der Waals surface area contributed by atoms with Gasteiger partial charge in [0.05, 0.1) is 5.69 Å². The second-order valence-electron chi connectivity index (χ2n) is 6.04. The molecule has 8 heteroatoms. The van der Waals surface area contributed by atoms with Crippen LogP contribution in [0.25, 0.3) is 0 Å². The molecule has 1 saturated heterocycles. The smallest absolute Gasteiger partial charge is 0.250 e. The Labute approximate surface area is 152 Å². The number of sulfonamides is 1. The molecule has 0 saturated carbocycles. The Hall–Kier alpha value is -1.48. The van der Waals surface area contributed by atoms with E-state index in [0.717, 1.165) is 31.1 Å². The largest absolute Gasteiger partial charge is 0.367 e. The lowest BCUT2D eigenvalue weighted by Crippen LogP contribution is -2.48. The van der Waals surface area contributed by atoms with E-state index in [1.54, 1.807) is 24.3 Å². The third kappa shape index (κ3) is 4.58. The highest BCUT2D eigenvalue weighted by Gasteiger charge is 2.20. The quantitative estimate of drug-likeness (QED) is 0.832. The first-order valence-electron chi connectivity index (χ1n) is 8.24. The fourth-order valence-electron chi connectivity index (χ4n) is 2.89. The lowest BCUT2D eigenvalue weighted by atomic mass is 10.2. The molecule has 1 aliphatic rings. The summed E-state index contributed by atoms with van der Waals surface area (Å²) in [7, 11) is -3.42. The van der Waals surface area contributed by atoms with Crippen LogP contribution in [-0.4, -0.2) is 52.6 Å². The van der Waals surface area contributed by atoms with Crippen molar-refractivity contribution < 1.29 is 12.8 Å². The van der Waals surface area contributed by atoms with Crippen molar-refractivity contribution in [2.24, 2.45) is 0 Å². The van der Waals surface area contributed by atoms with Gasteiger partial charge in [-0.15, -0.1) is 11.3 Å². The summed E-state index contributed by atoms with van der Waals surface area (Å²) in [4.78, 5) is 5.20. The maximum absolute atomic E-state index is 13.8. The minimum absolute atomic E-state index is 0.199. The summed E-state index contributed by atoms with van der Waals surface area (Å²) >= 11 is 1.27. The van der Waals surface area contributed by atoms with E-state index in [4.69, 9.17) is 0 Å². The number of rotatable bonds is 6. The van der Waals surface area contributed by atoms with Crippen molar-refractivity contribution in [2.45, 2.75) is 11.1 Å². The first-order valence-corrected chi connectivity index (χ1v) is 10.5. The van der Waals surface area contributed by atoms with Crippen molar-refractivity contribution in [1.29, 1.82) is 0 Å². The zero-order valence-corrected chi connectivity index (χ0v) is 15.7. The second kappa shape index (κ2) is 7.82. The molecule has 2 heterocycles. The maximum Gasteiger partial charge on any atom is 0.250 e. The van der Waals surface area contributed by atoms with E-state index < -0.39 is 10.0 Å². The Morgan fingerprint density at radius 3 is 2.48 bits per heavy atom. The van der Waals surface area contributed by atoms with Crippen molar-refractivity contribution >= 4 is 27.0 Å². The summed E-state index contributed by atoms with van der Waals surface area (Å²) in [5, 5.41) is 0. The van der Waals surface area contributed by atoms with Crippen molar-refractivity contribution in [1.82, 2.24) is 9.62 Å². The van der Waals surface area contributed by atoms with Crippen molar-refractivity contribution in [2.75, 3.05) is 44.2 Å². The van der Waals surface area contributed by atoms with E-state index in [1.165, 1.54) is 17.4 Å². The Morgan fingerprint density at radius 2 is 1.84 bits per heavy atom. The third-order valence-corrected chi connectivity index (χ3v) is 7.22. The molecule has 5 nitrogen and oxygen atoms in total. The van der Waals surface area contributed by atoms with Crippen molar-refractivity contribution in [3.63, 3.8) is 0 Å². The van der Waals surface area contributed by atoms with Crippen LogP contribution < -0.4 is 9.62 Å². The standard InChI is InChI=1S/C17H22FN3O2S2/c1-14-6-7-17(24-14)25(22,23)19-8-9-20-10-12-21(13-11-20)16-5-3-2-4-15(16)18/h2-7,19H,8-13H2,1H3. The second-order valence-corrected chi connectivity index (χ2v) is 9.32. The Kier molecular flexibility index (Phi) is 5.73. The van der Waals surface area contributed by atoms with Gasteiger partial charge in [0.2, 0.25) is 10.0 Å². The SMILES string of the molecule is Cc1ccc(S(=O)(=O)NCCN2CCN(c3ccccc3F)CC2)s1. The molecular formula is C17H22FN3O2S2.